The molecule has 2 rings (SSSR count). The Kier molecular flexibility index (Phi) is 3.30. The first-order valence-electron chi connectivity index (χ1n) is 5.03. The Bertz CT molecular complexity index is 344. The first kappa shape index (κ1) is 10.5. The molecule has 0 amide bonds. The lowest BCUT2D eigenvalue weighted by atomic mass is 10.2. The van der Waals surface area contributed by atoms with E-state index < -0.39 is 5.97 Å². The number of carbonyl (C=O) groups is 1. The van der Waals surface area contributed by atoms with Crippen molar-refractivity contribution in [3.8, 4) is 0 Å². The molecule has 0 bridgehead atoms. The van der Waals surface area contributed by atoms with Crippen LogP contribution in [0.25, 0.3) is 0 Å². The topological polar surface area (TPSA) is 63.3 Å². The van der Waals surface area contributed by atoms with Gasteiger partial charge in [0.25, 0.3) is 0 Å². The van der Waals surface area contributed by atoms with Crippen LogP contribution in [0.15, 0.2) is 10.6 Å². The van der Waals surface area contributed by atoms with Gasteiger partial charge in [-0.15, -0.1) is 11.8 Å². The average molecular weight is 227 g/mol. The predicted molar refractivity (Wildman–Crippen MR) is 56.9 cm³/mol. The minimum atomic E-state index is -0.881. The van der Waals surface area contributed by atoms with Crippen LogP contribution in [0.1, 0.15) is 36.2 Å². The molecular weight excluding hydrogens is 214 g/mol. The molecule has 0 aliphatic carbocycles. The number of carboxylic acid groups (broad SMARTS) is 1. The van der Waals surface area contributed by atoms with Gasteiger partial charge in [0.05, 0.1) is 11.4 Å². The fraction of sp³-hybridized carbons (Fsp3) is 0.600. The first-order chi connectivity index (χ1) is 7.25. The molecule has 0 spiro atoms. The van der Waals surface area contributed by atoms with Crippen LogP contribution >= 0.6 is 11.8 Å². The molecule has 0 aromatic carbocycles. The second kappa shape index (κ2) is 4.70. The third-order valence-corrected chi connectivity index (χ3v) is 3.72. The Balaban J connectivity index is 2.02. The van der Waals surface area contributed by atoms with Gasteiger partial charge in [0, 0.05) is 0 Å². The van der Waals surface area contributed by atoms with Crippen LogP contribution in [-0.4, -0.2) is 21.8 Å². The van der Waals surface area contributed by atoms with Gasteiger partial charge in [-0.25, -0.2) is 4.98 Å². The molecule has 82 valence electrons. The molecule has 2 heterocycles. The number of thioether (sulfide) groups is 1. The summed E-state index contributed by atoms with van der Waals surface area (Å²) in [5.41, 5.74) is 0. The highest BCUT2D eigenvalue weighted by atomic mass is 32.2. The van der Waals surface area contributed by atoms with Crippen LogP contribution in [0.4, 0.5) is 0 Å². The van der Waals surface area contributed by atoms with Crippen LogP contribution in [-0.2, 0) is 11.2 Å². The molecule has 1 atom stereocenters. The number of oxazole rings is 1. The maximum atomic E-state index is 10.5. The quantitative estimate of drug-likeness (QED) is 0.858. The molecule has 0 saturated carbocycles. The van der Waals surface area contributed by atoms with E-state index in [-0.39, 0.29) is 6.42 Å². The SMILES string of the molecule is O=C(O)Cc1cnc(C2CCCCS2)o1. The molecule has 0 radical (unpaired) electrons. The van der Waals surface area contributed by atoms with E-state index in [2.05, 4.69) is 4.98 Å². The molecular formula is C10H13NO3S. The molecule has 4 nitrogen and oxygen atoms in total. The number of carboxylic acids is 1. The summed E-state index contributed by atoms with van der Waals surface area (Å²) in [4.78, 5) is 14.6. The summed E-state index contributed by atoms with van der Waals surface area (Å²) in [6, 6.07) is 0. The standard InChI is InChI=1S/C10H13NO3S/c12-9(13)5-7-6-11-10(14-7)8-3-1-2-4-15-8/h6,8H,1-5H2,(H,12,13). The molecule has 5 heteroatoms. The molecule has 1 aromatic rings. The third kappa shape index (κ3) is 2.75. The first-order valence-corrected chi connectivity index (χ1v) is 6.08. The number of hydrogen-bond donors (Lipinski definition) is 1. The van der Waals surface area contributed by atoms with E-state index in [4.69, 9.17) is 9.52 Å². The van der Waals surface area contributed by atoms with Gasteiger partial charge in [-0.05, 0) is 18.6 Å². The fourth-order valence-electron chi connectivity index (χ4n) is 1.64. The molecule has 1 fully saturated rings. The van der Waals surface area contributed by atoms with Gasteiger partial charge in [-0.2, -0.15) is 0 Å². The van der Waals surface area contributed by atoms with Crippen molar-refractivity contribution in [2.75, 3.05) is 5.75 Å². The van der Waals surface area contributed by atoms with Gasteiger partial charge < -0.3 is 9.52 Å². The summed E-state index contributed by atoms with van der Waals surface area (Å²) in [5, 5.41) is 8.91. The monoisotopic (exact) mass is 227 g/mol. The highest BCUT2D eigenvalue weighted by Crippen LogP contribution is 2.37. The summed E-state index contributed by atoms with van der Waals surface area (Å²) in [6.45, 7) is 0. The van der Waals surface area contributed by atoms with E-state index in [1.54, 1.807) is 0 Å². The predicted octanol–water partition coefficient (Wildman–Crippen LogP) is 2.26. The van der Waals surface area contributed by atoms with Gasteiger partial charge in [0.1, 0.15) is 12.2 Å². The minimum absolute atomic E-state index is 0.0790. The molecule has 1 aliphatic heterocycles. The Hall–Kier alpha value is -0.970. The average Bonchev–Trinajstić information content (AvgIpc) is 2.67. The number of rotatable bonds is 3. The van der Waals surface area contributed by atoms with Crippen molar-refractivity contribution < 1.29 is 14.3 Å². The summed E-state index contributed by atoms with van der Waals surface area (Å²) in [5.74, 6) is 1.40. The van der Waals surface area contributed by atoms with Gasteiger partial charge in [0.15, 0.2) is 0 Å². The van der Waals surface area contributed by atoms with Crippen molar-refractivity contribution in [3.05, 3.63) is 17.8 Å². The molecule has 1 N–H and O–H groups in total. The third-order valence-electron chi connectivity index (χ3n) is 2.35. The molecule has 1 aromatic heterocycles. The van der Waals surface area contributed by atoms with E-state index in [0.717, 1.165) is 12.2 Å². The van der Waals surface area contributed by atoms with Gasteiger partial charge in [0.2, 0.25) is 5.89 Å². The Morgan fingerprint density at radius 2 is 2.53 bits per heavy atom. The fourth-order valence-corrected chi connectivity index (χ4v) is 2.88. The zero-order valence-corrected chi connectivity index (χ0v) is 9.13. The number of nitrogens with zero attached hydrogens (tertiary/aromatic N) is 1. The number of aromatic nitrogens is 1. The Labute approximate surface area is 92.1 Å². The van der Waals surface area contributed by atoms with E-state index in [1.807, 2.05) is 11.8 Å². The number of hydrogen-bond acceptors (Lipinski definition) is 4. The van der Waals surface area contributed by atoms with Crippen molar-refractivity contribution >= 4 is 17.7 Å². The Morgan fingerprint density at radius 1 is 1.67 bits per heavy atom. The highest BCUT2D eigenvalue weighted by molar-refractivity contribution is 7.99. The van der Waals surface area contributed by atoms with Crippen LogP contribution < -0.4 is 0 Å². The van der Waals surface area contributed by atoms with Gasteiger partial charge in [-0.1, -0.05) is 6.42 Å². The number of aliphatic carboxylic acids is 1. The van der Waals surface area contributed by atoms with Crippen molar-refractivity contribution in [1.82, 2.24) is 4.98 Å². The Morgan fingerprint density at radius 3 is 3.20 bits per heavy atom. The molecule has 1 unspecified atom stereocenters. The van der Waals surface area contributed by atoms with Gasteiger partial charge >= 0.3 is 5.97 Å². The smallest absolute Gasteiger partial charge is 0.311 e. The molecule has 1 saturated heterocycles. The van der Waals surface area contributed by atoms with E-state index in [0.29, 0.717) is 16.9 Å². The molecule has 15 heavy (non-hydrogen) atoms. The van der Waals surface area contributed by atoms with Crippen molar-refractivity contribution in [3.63, 3.8) is 0 Å². The van der Waals surface area contributed by atoms with Crippen molar-refractivity contribution in [2.45, 2.75) is 30.9 Å². The van der Waals surface area contributed by atoms with Crippen molar-refractivity contribution in [1.29, 1.82) is 0 Å². The zero-order chi connectivity index (χ0) is 10.7. The van der Waals surface area contributed by atoms with Crippen molar-refractivity contribution in [2.24, 2.45) is 0 Å². The lowest BCUT2D eigenvalue weighted by Crippen LogP contribution is -2.02. The maximum absolute atomic E-state index is 10.5. The second-order valence-corrected chi connectivity index (χ2v) is 4.90. The van der Waals surface area contributed by atoms with E-state index >= 15 is 0 Å². The summed E-state index contributed by atoms with van der Waals surface area (Å²) in [6.07, 6.45) is 4.98. The lowest BCUT2D eigenvalue weighted by molar-refractivity contribution is -0.136. The summed E-state index contributed by atoms with van der Waals surface area (Å²) in [7, 11) is 0. The van der Waals surface area contributed by atoms with Crippen LogP contribution in [0.5, 0.6) is 0 Å². The van der Waals surface area contributed by atoms with E-state index in [1.165, 1.54) is 19.0 Å². The van der Waals surface area contributed by atoms with Crippen LogP contribution in [0, 0.1) is 0 Å². The maximum Gasteiger partial charge on any atom is 0.311 e. The second-order valence-electron chi connectivity index (χ2n) is 3.59. The van der Waals surface area contributed by atoms with E-state index in [9.17, 15) is 4.79 Å². The highest BCUT2D eigenvalue weighted by Gasteiger charge is 2.21. The molecule has 1 aliphatic rings. The zero-order valence-electron chi connectivity index (χ0n) is 8.31. The van der Waals surface area contributed by atoms with Crippen LogP contribution in [0.3, 0.4) is 0 Å². The largest absolute Gasteiger partial charge is 0.481 e. The summed E-state index contributed by atoms with van der Waals surface area (Å²) < 4.78 is 5.42. The minimum Gasteiger partial charge on any atom is -0.481 e. The van der Waals surface area contributed by atoms with Gasteiger partial charge in [-0.3, -0.25) is 4.79 Å². The lowest BCUT2D eigenvalue weighted by Gasteiger charge is -2.17. The summed E-state index contributed by atoms with van der Waals surface area (Å²) >= 11 is 1.84. The normalized spacial score (nSPS) is 21.5. The van der Waals surface area contributed by atoms with Crippen LogP contribution in [0.2, 0.25) is 0 Å².